The van der Waals surface area contributed by atoms with Gasteiger partial charge in [0, 0.05) is 18.7 Å². The van der Waals surface area contributed by atoms with Crippen molar-refractivity contribution in [3.05, 3.63) is 47.3 Å². The minimum Gasteiger partial charge on any atom is -0.273 e. The second-order valence-electron chi connectivity index (χ2n) is 5.63. The number of thiophene rings is 1. The van der Waals surface area contributed by atoms with Crippen LogP contribution in [0.5, 0.6) is 0 Å². The number of sulfonamides is 2. The summed E-state index contributed by atoms with van der Waals surface area (Å²) in [6.45, 7) is 0.915. The topological polar surface area (TPSA) is 113 Å². The van der Waals surface area contributed by atoms with Crippen LogP contribution in [0.15, 0.2) is 50.9 Å². The predicted molar refractivity (Wildman–Crippen MR) is 96.5 cm³/mol. The Morgan fingerprint density at radius 3 is 2.42 bits per heavy atom. The summed E-state index contributed by atoms with van der Waals surface area (Å²) in [4.78, 5) is 14.2. The summed E-state index contributed by atoms with van der Waals surface area (Å²) < 4.78 is 50.6. The highest BCUT2D eigenvalue weighted by Gasteiger charge is 2.27. The van der Waals surface area contributed by atoms with Crippen LogP contribution in [0.2, 0.25) is 0 Å². The van der Waals surface area contributed by atoms with Crippen molar-refractivity contribution < 1.29 is 21.6 Å². The maximum absolute atomic E-state index is 12.6. The quantitative estimate of drug-likeness (QED) is 0.688. The lowest BCUT2D eigenvalue weighted by atomic mass is 10.2. The van der Waals surface area contributed by atoms with Crippen LogP contribution in [0.25, 0.3) is 0 Å². The number of benzene rings is 1. The third-order valence-corrected chi connectivity index (χ3v) is 8.40. The van der Waals surface area contributed by atoms with Crippen LogP contribution >= 0.6 is 11.3 Å². The van der Waals surface area contributed by atoms with E-state index in [0.29, 0.717) is 13.1 Å². The second kappa shape index (κ2) is 7.45. The maximum atomic E-state index is 12.6. The summed E-state index contributed by atoms with van der Waals surface area (Å²) in [6.07, 6.45) is 1.62. The first-order chi connectivity index (χ1) is 12.3. The van der Waals surface area contributed by atoms with E-state index in [1.807, 2.05) is 4.83 Å². The van der Waals surface area contributed by atoms with Crippen molar-refractivity contribution >= 4 is 37.3 Å². The molecule has 2 heterocycles. The van der Waals surface area contributed by atoms with Crippen molar-refractivity contribution in [3.8, 4) is 0 Å². The zero-order valence-electron chi connectivity index (χ0n) is 13.6. The standard InChI is InChI=1S/C15H17N3O5S3/c19-15(16-17-25(20,21)14-7-4-10-24-14)12-5-3-6-13(11-12)26(22,23)18-8-1-2-9-18/h3-7,10-11,17H,1-2,8-9H2,(H,16,19). The monoisotopic (exact) mass is 415 g/mol. The van der Waals surface area contributed by atoms with Gasteiger partial charge in [-0.2, -0.15) is 4.31 Å². The molecule has 0 spiro atoms. The van der Waals surface area contributed by atoms with E-state index < -0.39 is 26.0 Å². The van der Waals surface area contributed by atoms with E-state index in [0.717, 1.165) is 24.2 Å². The minimum absolute atomic E-state index is 0.00756. The molecule has 1 aromatic heterocycles. The van der Waals surface area contributed by atoms with Gasteiger partial charge in [0.05, 0.1) is 4.90 Å². The fraction of sp³-hybridized carbons (Fsp3) is 0.267. The zero-order chi connectivity index (χ0) is 18.8. The molecule has 1 saturated heterocycles. The summed E-state index contributed by atoms with van der Waals surface area (Å²) in [5, 5.41) is 1.60. The average molecular weight is 416 g/mol. The number of hydrazine groups is 1. The Balaban J connectivity index is 1.74. The molecule has 26 heavy (non-hydrogen) atoms. The number of nitrogens with one attached hydrogen (secondary N) is 2. The number of amides is 1. The molecule has 1 amide bonds. The molecule has 2 N–H and O–H groups in total. The second-order valence-corrected chi connectivity index (χ2v) is 10.4. The number of hydrogen-bond acceptors (Lipinski definition) is 6. The van der Waals surface area contributed by atoms with Gasteiger partial charge in [-0.05, 0) is 42.5 Å². The van der Waals surface area contributed by atoms with E-state index in [1.165, 1.54) is 34.6 Å². The molecule has 0 atom stereocenters. The molecule has 8 nitrogen and oxygen atoms in total. The highest BCUT2D eigenvalue weighted by atomic mass is 32.2. The van der Waals surface area contributed by atoms with Crippen molar-refractivity contribution in [2.75, 3.05) is 13.1 Å². The van der Waals surface area contributed by atoms with Gasteiger partial charge >= 0.3 is 0 Å². The lowest BCUT2D eigenvalue weighted by Gasteiger charge is -2.16. The minimum atomic E-state index is -3.86. The van der Waals surface area contributed by atoms with Gasteiger partial charge in [0.25, 0.3) is 15.9 Å². The number of carbonyl (C=O) groups is 1. The molecule has 0 aliphatic carbocycles. The molecule has 2 aromatic rings. The van der Waals surface area contributed by atoms with E-state index in [-0.39, 0.29) is 14.7 Å². The molecular weight excluding hydrogens is 398 g/mol. The Morgan fingerprint density at radius 1 is 1.04 bits per heavy atom. The summed E-state index contributed by atoms with van der Waals surface area (Å²) in [5.74, 6) is -0.747. The van der Waals surface area contributed by atoms with E-state index in [4.69, 9.17) is 0 Å². The molecule has 1 aliphatic heterocycles. The van der Waals surface area contributed by atoms with Crippen LogP contribution in [-0.2, 0) is 20.0 Å². The lowest BCUT2D eigenvalue weighted by Crippen LogP contribution is -2.41. The first kappa shape index (κ1) is 19.0. The summed E-state index contributed by atoms with van der Waals surface area (Å²) in [7, 11) is -7.52. The van der Waals surface area contributed by atoms with E-state index in [2.05, 4.69) is 5.43 Å². The molecule has 3 rings (SSSR count). The predicted octanol–water partition coefficient (Wildman–Crippen LogP) is 1.16. The number of rotatable bonds is 6. The number of nitrogens with zero attached hydrogens (tertiary/aromatic N) is 1. The fourth-order valence-corrected chi connectivity index (χ4v) is 5.92. The normalized spacial score (nSPS) is 15.8. The fourth-order valence-electron chi connectivity index (χ4n) is 2.53. The molecule has 140 valence electrons. The van der Waals surface area contributed by atoms with Crippen LogP contribution in [-0.4, -0.2) is 40.1 Å². The van der Waals surface area contributed by atoms with Gasteiger partial charge < -0.3 is 0 Å². The average Bonchev–Trinajstić information content (AvgIpc) is 3.33. The van der Waals surface area contributed by atoms with Gasteiger partial charge in [0.15, 0.2) is 0 Å². The Hall–Kier alpha value is -1.79. The van der Waals surface area contributed by atoms with Crippen LogP contribution in [0.4, 0.5) is 0 Å². The zero-order valence-corrected chi connectivity index (χ0v) is 16.0. The third-order valence-electron chi connectivity index (χ3n) is 3.86. The molecular formula is C15H17N3O5S3. The molecule has 0 radical (unpaired) electrons. The first-order valence-electron chi connectivity index (χ1n) is 7.76. The molecule has 0 unspecified atom stereocenters. The Bertz CT molecular complexity index is 995. The third kappa shape index (κ3) is 3.96. The van der Waals surface area contributed by atoms with Crippen molar-refractivity contribution in [1.82, 2.24) is 14.6 Å². The van der Waals surface area contributed by atoms with Gasteiger partial charge in [0.2, 0.25) is 10.0 Å². The first-order valence-corrected chi connectivity index (χ1v) is 11.6. The summed E-state index contributed by atoms with van der Waals surface area (Å²) in [5.41, 5.74) is 2.14. The van der Waals surface area contributed by atoms with Gasteiger partial charge in [-0.25, -0.2) is 16.8 Å². The maximum Gasteiger partial charge on any atom is 0.266 e. The summed E-state index contributed by atoms with van der Waals surface area (Å²) >= 11 is 1.01. The van der Waals surface area contributed by atoms with Crippen molar-refractivity contribution in [2.24, 2.45) is 0 Å². The smallest absolute Gasteiger partial charge is 0.266 e. The van der Waals surface area contributed by atoms with Crippen molar-refractivity contribution in [2.45, 2.75) is 21.9 Å². The largest absolute Gasteiger partial charge is 0.273 e. The van der Waals surface area contributed by atoms with Crippen molar-refractivity contribution in [3.63, 3.8) is 0 Å². The van der Waals surface area contributed by atoms with Crippen LogP contribution in [0, 0.1) is 0 Å². The summed E-state index contributed by atoms with van der Waals surface area (Å²) in [6, 6.07) is 8.50. The molecule has 1 fully saturated rings. The SMILES string of the molecule is O=C(NNS(=O)(=O)c1cccs1)c1cccc(S(=O)(=O)N2CCCC2)c1. The Morgan fingerprint density at radius 2 is 1.77 bits per heavy atom. The highest BCUT2D eigenvalue weighted by Crippen LogP contribution is 2.21. The van der Waals surface area contributed by atoms with Crippen LogP contribution in [0.3, 0.4) is 0 Å². The van der Waals surface area contributed by atoms with Crippen molar-refractivity contribution in [1.29, 1.82) is 0 Å². The number of carbonyl (C=O) groups excluding carboxylic acids is 1. The van der Waals surface area contributed by atoms with Crippen LogP contribution in [0.1, 0.15) is 23.2 Å². The van der Waals surface area contributed by atoms with E-state index in [9.17, 15) is 21.6 Å². The van der Waals surface area contributed by atoms with E-state index in [1.54, 1.807) is 11.4 Å². The van der Waals surface area contributed by atoms with Crippen LogP contribution < -0.4 is 10.3 Å². The molecule has 1 aromatic carbocycles. The molecule has 0 bridgehead atoms. The Kier molecular flexibility index (Phi) is 5.44. The van der Waals surface area contributed by atoms with Gasteiger partial charge in [-0.3, -0.25) is 10.2 Å². The Labute approximate surface area is 155 Å². The molecule has 1 aliphatic rings. The van der Waals surface area contributed by atoms with E-state index >= 15 is 0 Å². The highest BCUT2D eigenvalue weighted by molar-refractivity contribution is 7.91. The molecule has 11 heteroatoms. The molecule has 0 saturated carbocycles. The van der Waals surface area contributed by atoms with Gasteiger partial charge in [-0.15, -0.1) is 16.2 Å². The lowest BCUT2D eigenvalue weighted by molar-refractivity contribution is 0.0945. The van der Waals surface area contributed by atoms with Gasteiger partial charge in [0.1, 0.15) is 4.21 Å². The number of hydrogen-bond donors (Lipinski definition) is 2. The van der Waals surface area contributed by atoms with Gasteiger partial charge in [-0.1, -0.05) is 12.1 Å².